The highest BCUT2D eigenvalue weighted by Crippen LogP contribution is 2.36. The third-order valence-electron chi connectivity index (χ3n) is 4.04. The topological polar surface area (TPSA) is 49.3 Å². The Balaban J connectivity index is 1.94. The molecule has 1 aromatic rings. The lowest BCUT2D eigenvalue weighted by molar-refractivity contribution is -0.117. The molecule has 0 unspecified atom stereocenters. The molecule has 1 saturated carbocycles. The largest absolute Gasteiger partial charge is 0.396 e. The molecule has 0 spiro atoms. The lowest BCUT2D eigenvalue weighted by Gasteiger charge is -2.26. The smallest absolute Gasteiger partial charge is 0.244 e. The number of aliphatic hydroxyl groups excluding tert-OH is 1. The molecule has 0 radical (unpaired) electrons. The molecular formula is C16H19Cl2NO2. The van der Waals surface area contributed by atoms with Gasteiger partial charge in [-0.05, 0) is 31.1 Å². The van der Waals surface area contributed by atoms with Crippen molar-refractivity contribution in [2.24, 2.45) is 5.41 Å². The summed E-state index contributed by atoms with van der Waals surface area (Å²) in [7, 11) is 0. The predicted octanol–water partition coefficient (Wildman–Crippen LogP) is 3.68. The van der Waals surface area contributed by atoms with E-state index in [1.807, 2.05) is 0 Å². The minimum Gasteiger partial charge on any atom is -0.396 e. The van der Waals surface area contributed by atoms with Crippen LogP contribution in [0.3, 0.4) is 0 Å². The number of carbonyl (C=O) groups excluding carboxylic acids is 1. The van der Waals surface area contributed by atoms with Gasteiger partial charge in [-0.2, -0.15) is 0 Å². The number of nitrogens with one attached hydrogen (secondary N) is 1. The van der Waals surface area contributed by atoms with Gasteiger partial charge in [-0.25, -0.2) is 0 Å². The van der Waals surface area contributed by atoms with E-state index >= 15 is 0 Å². The molecule has 1 aliphatic carbocycles. The summed E-state index contributed by atoms with van der Waals surface area (Å²) in [6.45, 7) is 0.621. The van der Waals surface area contributed by atoms with Gasteiger partial charge in [0.2, 0.25) is 5.91 Å². The van der Waals surface area contributed by atoms with E-state index in [-0.39, 0.29) is 17.9 Å². The highest BCUT2D eigenvalue weighted by atomic mass is 35.5. The van der Waals surface area contributed by atoms with Crippen LogP contribution in [0.25, 0.3) is 6.08 Å². The molecule has 1 aromatic carbocycles. The number of halogens is 2. The molecule has 0 aromatic heterocycles. The lowest BCUT2D eigenvalue weighted by atomic mass is 9.87. The molecule has 0 aliphatic heterocycles. The van der Waals surface area contributed by atoms with Crippen LogP contribution in [0.15, 0.2) is 24.3 Å². The third-order valence-corrected chi connectivity index (χ3v) is 4.70. The second-order valence-electron chi connectivity index (χ2n) is 5.55. The minimum absolute atomic E-state index is 0.118. The van der Waals surface area contributed by atoms with E-state index in [0.717, 1.165) is 25.7 Å². The quantitative estimate of drug-likeness (QED) is 0.810. The first-order valence-electron chi connectivity index (χ1n) is 7.07. The first-order chi connectivity index (χ1) is 10.1. The molecule has 114 valence electrons. The number of amides is 1. The van der Waals surface area contributed by atoms with E-state index < -0.39 is 0 Å². The number of hydrogen-bond acceptors (Lipinski definition) is 2. The summed E-state index contributed by atoms with van der Waals surface area (Å²) in [6, 6.07) is 5.21. The second kappa shape index (κ2) is 7.30. The van der Waals surface area contributed by atoms with Crippen LogP contribution in [0.1, 0.15) is 31.2 Å². The van der Waals surface area contributed by atoms with Crippen LogP contribution in [0.4, 0.5) is 0 Å². The molecule has 0 heterocycles. The highest BCUT2D eigenvalue weighted by molar-refractivity contribution is 6.37. The van der Waals surface area contributed by atoms with E-state index in [1.165, 1.54) is 6.08 Å². The third kappa shape index (κ3) is 4.22. The Morgan fingerprint density at radius 3 is 2.48 bits per heavy atom. The van der Waals surface area contributed by atoms with Crippen molar-refractivity contribution in [2.45, 2.75) is 25.7 Å². The maximum absolute atomic E-state index is 11.9. The summed E-state index contributed by atoms with van der Waals surface area (Å²) in [5.74, 6) is -0.203. The van der Waals surface area contributed by atoms with Crippen LogP contribution >= 0.6 is 23.2 Å². The van der Waals surface area contributed by atoms with Gasteiger partial charge in [0.25, 0.3) is 0 Å². The van der Waals surface area contributed by atoms with Gasteiger partial charge in [0.15, 0.2) is 0 Å². The summed E-state index contributed by atoms with van der Waals surface area (Å²) in [5, 5.41) is 13.4. The summed E-state index contributed by atoms with van der Waals surface area (Å²) < 4.78 is 0. The number of carbonyl (C=O) groups is 1. The standard InChI is InChI=1S/C16H19Cl2NO2/c17-13-4-3-5-14(18)12(13)6-7-15(21)19-10-16(11-20)8-1-2-9-16/h3-7,20H,1-2,8-11H2,(H,19,21)/b7-6+. The monoisotopic (exact) mass is 327 g/mol. The van der Waals surface area contributed by atoms with Gasteiger partial charge in [-0.3, -0.25) is 4.79 Å². The summed E-state index contributed by atoms with van der Waals surface area (Å²) in [6.07, 6.45) is 7.18. The van der Waals surface area contributed by atoms with Gasteiger partial charge in [0, 0.05) is 33.6 Å². The fourth-order valence-corrected chi connectivity index (χ4v) is 3.20. The van der Waals surface area contributed by atoms with Gasteiger partial charge < -0.3 is 10.4 Å². The van der Waals surface area contributed by atoms with Crippen LogP contribution < -0.4 is 5.32 Å². The Morgan fingerprint density at radius 1 is 1.29 bits per heavy atom. The van der Waals surface area contributed by atoms with E-state index in [4.69, 9.17) is 23.2 Å². The molecule has 0 bridgehead atoms. The molecule has 5 heteroatoms. The molecular weight excluding hydrogens is 309 g/mol. The number of benzene rings is 1. The molecule has 0 atom stereocenters. The van der Waals surface area contributed by atoms with Crippen molar-refractivity contribution in [3.8, 4) is 0 Å². The average molecular weight is 328 g/mol. The SMILES string of the molecule is O=C(/C=C/c1c(Cl)cccc1Cl)NCC1(CO)CCCC1. The summed E-state index contributed by atoms with van der Waals surface area (Å²) in [5.41, 5.74) is 0.486. The molecule has 2 rings (SSSR count). The molecule has 2 N–H and O–H groups in total. The van der Waals surface area contributed by atoms with E-state index in [2.05, 4.69) is 5.32 Å². The fourth-order valence-electron chi connectivity index (χ4n) is 2.68. The Labute approximate surface area is 134 Å². The van der Waals surface area contributed by atoms with Crippen LogP contribution in [0.2, 0.25) is 10.0 Å². The average Bonchev–Trinajstić information content (AvgIpc) is 2.94. The normalized spacial score (nSPS) is 17.3. The Hall–Kier alpha value is -1.03. The second-order valence-corrected chi connectivity index (χ2v) is 6.37. The lowest BCUT2D eigenvalue weighted by Crippen LogP contribution is -2.37. The zero-order chi connectivity index (χ0) is 15.3. The fraction of sp³-hybridized carbons (Fsp3) is 0.438. The van der Waals surface area contributed by atoms with Crippen molar-refractivity contribution in [3.05, 3.63) is 39.9 Å². The van der Waals surface area contributed by atoms with E-state index in [9.17, 15) is 9.90 Å². The Morgan fingerprint density at radius 2 is 1.90 bits per heavy atom. The maximum Gasteiger partial charge on any atom is 0.244 e. The zero-order valence-electron chi connectivity index (χ0n) is 11.7. The van der Waals surface area contributed by atoms with Crippen LogP contribution in [-0.2, 0) is 4.79 Å². The van der Waals surface area contributed by atoms with Crippen LogP contribution in [0, 0.1) is 5.41 Å². The predicted molar refractivity (Wildman–Crippen MR) is 86.5 cm³/mol. The molecule has 0 saturated heterocycles. The molecule has 1 aliphatic rings. The van der Waals surface area contributed by atoms with Gasteiger partial charge in [0.1, 0.15) is 0 Å². The number of aliphatic hydroxyl groups is 1. The van der Waals surface area contributed by atoms with E-state index in [1.54, 1.807) is 24.3 Å². The Bertz CT molecular complexity index is 517. The maximum atomic E-state index is 11.9. The summed E-state index contributed by atoms with van der Waals surface area (Å²) in [4.78, 5) is 11.9. The van der Waals surface area contributed by atoms with Crippen molar-refractivity contribution in [1.29, 1.82) is 0 Å². The number of hydrogen-bond donors (Lipinski definition) is 2. The molecule has 1 fully saturated rings. The van der Waals surface area contributed by atoms with E-state index in [0.29, 0.717) is 22.2 Å². The van der Waals surface area contributed by atoms with Gasteiger partial charge in [0.05, 0.1) is 6.61 Å². The summed E-state index contributed by atoms with van der Waals surface area (Å²) >= 11 is 12.1. The van der Waals surface area contributed by atoms with Crippen molar-refractivity contribution in [2.75, 3.05) is 13.2 Å². The van der Waals surface area contributed by atoms with Crippen LogP contribution in [0.5, 0.6) is 0 Å². The van der Waals surface area contributed by atoms with Crippen molar-refractivity contribution >= 4 is 35.2 Å². The van der Waals surface area contributed by atoms with Crippen LogP contribution in [-0.4, -0.2) is 24.2 Å². The minimum atomic E-state index is -0.203. The Kier molecular flexibility index (Phi) is 5.68. The van der Waals surface area contributed by atoms with Gasteiger partial charge in [-0.1, -0.05) is 42.1 Å². The molecule has 3 nitrogen and oxygen atoms in total. The molecule has 1 amide bonds. The first kappa shape index (κ1) is 16.3. The van der Waals surface area contributed by atoms with Crippen molar-refractivity contribution in [1.82, 2.24) is 5.32 Å². The van der Waals surface area contributed by atoms with Gasteiger partial charge in [-0.15, -0.1) is 0 Å². The zero-order valence-corrected chi connectivity index (χ0v) is 13.3. The number of rotatable bonds is 5. The van der Waals surface area contributed by atoms with Gasteiger partial charge >= 0.3 is 0 Å². The first-order valence-corrected chi connectivity index (χ1v) is 7.83. The molecule has 21 heavy (non-hydrogen) atoms. The van der Waals surface area contributed by atoms with Crippen molar-refractivity contribution < 1.29 is 9.90 Å². The van der Waals surface area contributed by atoms with Crippen molar-refractivity contribution in [3.63, 3.8) is 0 Å². The highest BCUT2D eigenvalue weighted by Gasteiger charge is 2.33.